The predicted octanol–water partition coefficient (Wildman–Crippen LogP) is 2.45. The van der Waals surface area contributed by atoms with Crippen LogP contribution >= 0.6 is 24.0 Å². The molecule has 0 amide bonds. The molecule has 0 spiro atoms. The largest absolute Gasteiger partial charge is 0.346 e. The highest BCUT2D eigenvalue weighted by molar-refractivity contribution is 7.98. The number of nitrogens with zero attached hydrogens (tertiary/aromatic N) is 1. The van der Waals surface area contributed by atoms with Crippen LogP contribution in [0.4, 0.5) is 0 Å². The smallest absolute Gasteiger partial charge is 0.134 e. The molecule has 1 aromatic heterocycles. The van der Waals surface area contributed by atoms with Gasteiger partial charge in [0.25, 0.3) is 0 Å². The molecule has 4 heteroatoms. The highest BCUT2D eigenvalue weighted by Crippen LogP contribution is 2.28. The fourth-order valence-corrected chi connectivity index (χ4v) is 2.76. The first-order valence-corrected chi connectivity index (χ1v) is 5.56. The van der Waals surface area contributed by atoms with Crippen LogP contribution in [0.3, 0.4) is 0 Å². The lowest BCUT2D eigenvalue weighted by Crippen LogP contribution is -1.99. The van der Waals surface area contributed by atoms with Gasteiger partial charge in [-0.15, -0.1) is 0 Å². The molecule has 1 aliphatic heterocycles. The van der Waals surface area contributed by atoms with Crippen LogP contribution in [0.5, 0.6) is 0 Å². The van der Waals surface area contributed by atoms with E-state index in [0.717, 1.165) is 28.4 Å². The summed E-state index contributed by atoms with van der Waals surface area (Å²) < 4.78 is 0.797. The maximum absolute atomic E-state index is 5.19. The van der Waals surface area contributed by atoms with E-state index < -0.39 is 0 Å². The number of hydrogen-bond donors (Lipinski definition) is 1. The molecule has 2 rings (SSSR count). The maximum atomic E-state index is 5.19. The summed E-state index contributed by atoms with van der Waals surface area (Å²) in [6, 6.07) is 0. The quantitative estimate of drug-likeness (QED) is 0.703. The van der Waals surface area contributed by atoms with Crippen molar-refractivity contribution in [2.45, 2.75) is 24.9 Å². The van der Waals surface area contributed by atoms with E-state index in [2.05, 4.69) is 16.9 Å². The molecule has 12 heavy (non-hydrogen) atoms. The standard InChI is InChI=1S/C8H10N2S2/c1-2-7-9-6-4-12-3-5(6)8(11)10-7/h2-4H2,1H3,(H,9,10,11). The SMILES string of the molecule is CCc1nc(=S)c2c([nH]1)CSC2. The van der Waals surface area contributed by atoms with Crippen LogP contribution in [0.1, 0.15) is 24.0 Å². The van der Waals surface area contributed by atoms with Gasteiger partial charge in [-0.25, -0.2) is 4.98 Å². The van der Waals surface area contributed by atoms with E-state index >= 15 is 0 Å². The molecule has 0 fully saturated rings. The lowest BCUT2D eigenvalue weighted by atomic mass is 10.3. The Hall–Kier alpha value is -0.350. The van der Waals surface area contributed by atoms with E-state index in [-0.39, 0.29) is 0 Å². The summed E-state index contributed by atoms with van der Waals surface area (Å²) in [5, 5.41) is 0. The summed E-state index contributed by atoms with van der Waals surface area (Å²) in [5.41, 5.74) is 2.53. The third-order valence-corrected chi connectivity index (χ3v) is 3.31. The molecular weight excluding hydrogens is 188 g/mol. The summed E-state index contributed by atoms with van der Waals surface area (Å²) in [6.07, 6.45) is 0.932. The van der Waals surface area contributed by atoms with Crippen LogP contribution < -0.4 is 0 Å². The van der Waals surface area contributed by atoms with Crippen LogP contribution in [0, 0.1) is 4.64 Å². The van der Waals surface area contributed by atoms with Gasteiger partial charge in [0.15, 0.2) is 0 Å². The second kappa shape index (κ2) is 3.18. The third-order valence-electron chi connectivity index (χ3n) is 1.98. The second-order valence-corrected chi connectivity index (χ2v) is 4.16. The molecular formula is C8H10N2S2. The number of fused-ring (bicyclic) bond motifs is 1. The van der Waals surface area contributed by atoms with Gasteiger partial charge in [0.2, 0.25) is 0 Å². The van der Waals surface area contributed by atoms with Crippen molar-refractivity contribution in [2.75, 3.05) is 0 Å². The molecule has 0 atom stereocenters. The van der Waals surface area contributed by atoms with Crippen LogP contribution in [-0.4, -0.2) is 9.97 Å². The zero-order valence-corrected chi connectivity index (χ0v) is 8.52. The van der Waals surface area contributed by atoms with Crippen molar-refractivity contribution in [3.63, 3.8) is 0 Å². The maximum Gasteiger partial charge on any atom is 0.134 e. The highest BCUT2D eigenvalue weighted by atomic mass is 32.2. The van der Waals surface area contributed by atoms with Gasteiger partial charge in [0.05, 0.1) is 0 Å². The number of rotatable bonds is 1. The molecule has 1 aliphatic rings. The number of nitrogens with one attached hydrogen (secondary N) is 1. The molecule has 0 bridgehead atoms. The number of aromatic nitrogens is 2. The van der Waals surface area contributed by atoms with Crippen LogP contribution in [0.15, 0.2) is 0 Å². The minimum Gasteiger partial charge on any atom is -0.346 e. The molecule has 0 aliphatic carbocycles. The second-order valence-electron chi connectivity index (χ2n) is 2.79. The van der Waals surface area contributed by atoms with Crippen molar-refractivity contribution in [1.82, 2.24) is 9.97 Å². The van der Waals surface area contributed by atoms with E-state index in [0.29, 0.717) is 0 Å². The van der Waals surface area contributed by atoms with Crippen LogP contribution in [-0.2, 0) is 17.9 Å². The molecule has 1 N–H and O–H groups in total. The van der Waals surface area contributed by atoms with E-state index in [1.54, 1.807) is 0 Å². The molecule has 0 saturated heterocycles. The monoisotopic (exact) mass is 198 g/mol. The zero-order valence-electron chi connectivity index (χ0n) is 6.89. The number of aryl methyl sites for hydroxylation is 1. The summed E-state index contributed by atoms with van der Waals surface area (Å²) in [7, 11) is 0. The van der Waals surface area contributed by atoms with Crippen LogP contribution in [0.2, 0.25) is 0 Å². The predicted molar refractivity (Wildman–Crippen MR) is 53.8 cm³/mol. The lowest BCUT2D eigenvalue weighted by molar-refractivity contribution is 0.897. The first kappa shape index (κ1) is 8.26. The van der Waals surface area contributed by atoms with Gasteiger partial charge in [-0.05, 0) is 0 Å². The Kier molecular flexibility index (Phi) is 2.19. The van der Waals surface area contributed by atoms with Crippen molar-refractivity contribution in [3.8, 4) is 0 Å². The molecule has 0 radical (unpaired) electrons. The Labute approximate surface area is 80.8 Å². The van der Waals surface area contributed by atoms with Gasteiger partial charge in [-0.1, -0.05) is 19.1 Å². The van der Waals surface area contributed by atoms with Gasteiger partial charge in [-0.2, -0.15) is 11.8 Å². The topological polar surface area (TPSA) is 28.7 Å². The van der Waals surface area contributed by atoms with Gasteiger partial charge in [0, 0.05) is 29.2 Å². The van der Waals surface area contributed by atoms with E-state index in [9.17, 15) is 0 Å². The van der Waals surface area contributed by atoms with E-state index in [1.807, 2.05) is 11.8 Å². The molecule has 2 nitrogen and oxygen atoms in total. The minimum atomic E-state index is 0.797. The summed E-state index contributed by atoms with van der Waals surface area (Å²) >= 11 is 7.09. The minimum absolute atomic E-state index is 0.797. The zero-order chi connectivity index (χ0) is 8.55. The summed E-state index contributed by atoms with van der Waals surface area (Å²) in [6.45, 7) is 2.09. The number of H-pyrrole nitrogens is 1. The highest BCUT2D eigenvalue weighted by Gasteiger charge is 2.14. The van der Waals surface area contributed by atoms with E-state index in [1.165, 1.54) is 11.3 Å². The van der Waals surface area contributed by atoms with Crippen LogP contribution in [0.25, 0.3) is 0 Å². The van der Waals surface area contributed by atoms with Crippen molar-refractivity contribution >= 4 is 24.0 Å². The molecule has 0 aromatic carbocycles. The fourth-order valence-electron chi connectivity index (χ4n) is 1.29. The van der Waals surface area contributed by atoms with Gasteiger partial charge < -0.3 is 4.98 Å². The third kappa shape index (κ3) is 1.29. The average Bonchev–Trinajstić information content (AvgIpc) is 2.52. The molecule has 2 heterocycles. The molecule has 0 saturated carbocycles. The Morgan fingerprint density at radius 2 is 2.42 bits per heavy atom. The number of hydrogen-bond acceptors (Lipinski definition) is 3. The number of thioether (sulfide) groups is 1. The first-order chi connectivity index (χ1) is 5.81. The van der Waals surface area contributed by atoms with Crippen molar-refractivity contribution < 1.29 is 0 Å². The molecule has 0 unspecified atom stereocenters. The normalized spacial score (nSPS) is 14.8. The van der Waals surface area contributed by atoms with Crippen molar-refractivity contribution in [1.29, 1.82) is 0 Å². The summed E-state index contributed by atoms with van der Waals surface area (Å²) in [5.74, 6) is 3.11. The van der Waals surface area contributed by atoms with Gasteiger partial charge >= 0.3 is 0 Å². The lowest BCUT2D eigenvalue weighted by Gasteiger charge is -2.01. The Morgan fingerprint density at radius 3 is 3.17 bits per heavy atom. The Balaban J connectivity index is 2.59. The Bertz CT molecular complexity index is 357. The summed E-state index contributed by atoms with van der Waals surface area (Å²) in [4.78, 5) is 7.63. The fraction of sp³-hybridized carbons (Fsp3) is 0.500. The van der Waals surface area contributed by atoms with Gasteiger partial charge in [0.1, 0.15) is 10.5 Å². The average molecular weight is 198 g/mol. The van der Waals surface area contributed by atoms with E-state index in [4.69, 9.17) is 12.2 Å². The Morgan fingerprint density at radius 1 is 1.58 bits per heavy atom. The van der Waals surface area contributed by atoms with Crippen molar-refractivity contribution in [3.05, 3.63) is 21.7 Å². The molecule has 1 aromatic rings. The van der Waals surface area contributed by atoms with Crippen molar-refractivity contribution in [2.24, 2.45) is 0 Å². The van der Waals surface area contributed by atoms with Gasteiger partial charge in [-0.3, -0.25) is 0 Å². The number of aromatic amines is 1. The first-order valence-electron chi connectivity index (χ1n) is 4.00. The molecule has 64 valence electrons.